The molecule has 3 rings (SSSR count). The Labute approximate surface area is 174 Å². The second-order valence-electron chi connectivity index (χ2n) is 6.27. The molecule has 0 aliphatic carbocycles. The molecule has 3 aromatic rings. The minimum absolute atomic E-state index is 0.122. The molecular formula is C23H21ClN2O3. The maximum atomic E-state index is 12.9. The maximum absolute atomic E-state index is 12.9. The van der Waals surface area contributed by atoms with Gasteiger partial charge in [-0.05, 0) is 35.7 Å². The van der Waals surface area contributed by atoms with Gasteiger partial charge in [0.25, 0.3) is 5.91 Å². The fourth-order valence-corrected chi connectivity index (χ4v) is 3.17. The van der Waals surface area contributed by atoms with Crippen molar-refractivity contribution in [1.29, 1.82) is 0 Å². The van der Waals surface area contributed by atoms with Crippen LogP contribution in [0.4, 0.5) is 0 Å². The van der Waals surface area contributed by atoms with E-state index in [1.807, 2.05) is 67.6 Å². The van der Waals surface area contributed by atoms with E-state index < -0.39 is 5.92 Å². The molecule has 0 radical (unpaired) electrons. The monoisotopic (exact) mass is 408 g/mol. The predicted octanol–water partition coefficient (Wildman–Crippen LogP) is 4.73. The van der Waals surface area contributed by atoms with Crippen LogP contribution in [-0.2, 0) is 4.79 Å². The van der Waals surface area contributed by atoms with Gasteiger partial charge in [-0.2, -0.15) is 5.10 Å². The molecule has 0 aromatic heterocycles. The number of carbonyl (C=O) groups excluding carboxylic acids is 1. The zero-order valence-electron chi connectivity index (χ0n) is 15.9. The van der Waals surface area contributed by atoms with Crippen LogP contribution in [0.5, 0.6) is 11.5 Å². The number of rotatable bonds is 7. The summed E-state index contributed by atoms with van der Waals surface area (Å²) in [6, 6.07) is 22.2. The van der Waals surface area contributed by atoms with E-state index in [4.69, 9.17) is 16.3 Å². The maximum Gasteiger partial charge on any atom is 0.252 e. The van der Waals surface area contributed by atoms with Crippen LogP contribution in [0.25, 0.3) is 0 Å². The standard InChI is InChI=1S/C23H21ClN2O3/c1-2-29-20-14-16(13-19(24)22(20)27)15-25-26-23(28)21(17-9-5-3-6-10-17)18-11-7-4-8-12-18/h3-15,21,27H,2H2,1H3,(H,26,28)/b25-15+. The summed E-state index contributed by atoms with van der Waals surface area (Å²) in [5, 5.41) is 14.1. The third-order valence-electron chi connectivity index (χ3n) is 4.27. The summed E-state index contributed by atoms with van der Waals surface area (Å²) in [5.74, 6) is -0.604. The SMILES string of the molecule is CCOc1cc(/C=N/NC(=O)C(c2ccccc2)c2ccccc2)cc(Cl)c1O. The normalized spacial score (nSPS) is 11.0. The van der Waals surface area contributed by atoms with Gasteiger partial charge in [-0.3, -0.25) is 4.79 Å². The van der Waals surface area contributed by atoms with Crippen LogP contribution < -0.4 is 10.2 Å². The summed E-state index contributed by atoms with van der Waals surface area (Å²) in [6.07, 6.45) is 1.46. The predicted molar refractivity (Wildman–Crippen MR) is 115 cm³/mol. The molecule has 0 saturated heterocycles. The molecule has 0 atom stereocenters. The number of ether oxygens (including phenoxy) is 1. The molecule has 0 saturated carbocycles. The minimum atomic E-state index is -0.489. The number of phenols is 1. The van der Waals surface area contributed by atoms with E-state index in [1.54, 1.807) is 12.1 Å². The topological polar surface area (TPSA) is 70.9 Å². The summed E-state index contributed by atoms with van der Waals surface area (Å²) in [6.45, 7) is 2.19. The third kappa shape index (κ3) is 5.15. The lowest BCUT2D eigenvalue weighted by Crippen LogP contribution is -2.26. The van der Waals surface area contributed by atoms with E-state index in [-0.39, 0.29) is 22.4 Å². The second-order valence-corrected chi connectivity index (χ2v) is 6.68. The first-order valence-corrected chi connectivity index (χ1v) is 9.56. The van der Waals surface area contributed by atoms with E-state index in [2.05, 4.69) is 10.5 Å². The number of hydrogen-bond acceptors (Lipinski definition) is 4. The van der Waals surface area contributed by atoms with Crippen LogP contribution in [0.3, 0.4) is 0 Å². The molecule has 29 heavy (non-hydrogen) atoms. The molecule has 0 aliphatic heterocycles. The summed E-state index contributed by atoms with van der Waals surface area (Å²) < 4.78 is 5.36. The van der Waals surface area contributed by atoms with E-state index >= 15 is 0 Å². The molecule has 0 spiro atoms. The van der Waals surface area contributed by atoms with Crippen molar-refractivity contribution in [3.63, 3.8) is 0 Å². The molecule has 0 heterocycles. The van der Waals surface area contributed by atoms with Crippen molar-refractivity contribution in [3.05, 3.63) is 94.5 Å². The third-order valence-corrected chi connectivity index (χ3v) is 4.56. The quantitative estimate of drug-likeness (QED) is 0.438. The number of hydrazone groups is 1. The molecule has 6 heteroatoms. The van der Waals surface area contributed by atoms with Crippen molar-refractivity contribution in [2.45, 2.75) is 12.8 Å². The number of hydrogen-bond donors (Lipinski definition) is 2. The van der Waals surface area contributed by atoms with Gasteiger partial charge in [-0.15, -0.1) is 0 Å². The van der Waals surface area contributed by atoms with Crippen molar-refractivity contribution in [1.82, 2.24) is 5.43 Å². The van der Waals surface area contributed by atoms with Gasteiger partial charge in [0.2, 0.25) is 0 Å². The Morgan fingerprint density at radius 1 is 1.10 bits per heavy atom. The van der Waals surface area contributed by atoms with Crippen molar-refractivity contribution >= 4 is 23.7 Å². The zero-order chi connectivity index (χ0) is 20.6. The Kier molecular flexibility index (Phi) is 6.87. The van der Waals surface area contributed by atoms with Gasteiger partial charge >= 0.3 is 0 Å². The number of benzene rings is 3. The molecule has 0 unspecified atom stereocenters. The van der Waals surface area contributed by atoms with E-state index in [9.17, 15) is 9.90 Å². The number of carbonyl (C=O) groups is 1. The van der Waals surface area contributed by atoms with E-state index in [0.717, 1.165) is 11.1 Å². The highest BCUT2D eigenvalue weighted by Crippen LogP contribution is 2.34. The highest BCUT2D eigenvalue weighted by Gasteiger charge is 2.22. The number of phenolic OH excluding ortho intramolecular Hbond substituents is 1. The van der Waals surface area contributed by atoms with Crippen LogP contribution in [0, 0.1) is 0 Å². The van der Waals surface area contributed by atoms with Gasteiger partial charge < -0.3 is 9.84 Å². The molecule has 5 nitrogen and oxygen atoms in total. The zero-order valence-corrected chi connectivity index (χ0v) is 16.6. The number of halogens is 1. The van der Waals surface area contributed by atoms with E-state index in [0.29, 0.717) is 12.2 Å². The Morgan fingerprint density at radius 2 is 1.69 bits per heavy atom. The van der Waals surface area contributed by atoms with Crippen molar-refractivity contribution in [2.75, 3.05) is 6.61 Å². The molecular weight excluding hydrogens is 388 g/mol. The molecule has 0 fully saturated rings. The molecule has 0 aliphatic rings. The van der Waals surface area contributed by atoms with Crippen molar-refractivity contribution in [2.24, 2.45) is 5.10 Å². The van der Waals surface area contributed by atoms with Crippen molar-refractivity contribution in [3.8, 4) is 11.5 Å². The highest BCUT2D eigenvalue weighted by atomic mass is 35.5. The Bertz CT molecular complexity index is 952. The van der Waals surface area contributed by atoms with Gasteiger partial charge in [0.15, 0.2) is 11.5 Å². The summed E-state index contributed by atoms with van der Waals surface area (Å²) >= 11 is 6.03. The van der Waals surface area contributed by atoms with Crippen LogP contribution in [0.2, 0.25) is 5.02 Å². The van der Waals surface area contributed by atoms with Gasteiger partial charge in [0.1, 0.15) is 0 Å². The van der Waals surface area contributed by atoms with Crippen LogP contribution in [-0.4, -0.2) is 23.8 Å². The molecule has 1 amide bonds. The number of aromatic hydroxyl groups is 1. The largest absolute Gasteiger partial charge is 0.503 e. The first kappa shape index (κ1) is 20.4. The summed E-state index contributed by atoms with van der Waals surface area (Å²) in [4.78, 5) is 12.9. The number of nitrogens with one attached hydrogen (secondary N) is 1. The summed E-state index contributed by atoms with van der Waals surface area (Å²) in [5.41, 5.74) is 4.93. The fourth-order valence-electron chi connectivity index (χ4n) is 2.96. The van der Waals surface area contributed by atoms with Gasteiger partial charge in [-0.1, -0.05) is 72.3 Å². The first-order chi connectivity index (χ1) is 14.1. The molecule has 3 aromatic carbocycles. The average molecular weight is 409 g/mol. The highest BCUT2D eigenvalue weighted by molar-refractivity contribution is 6.32. The first-order valence-electron chi connectivity index (χ1n) is 9.18. The number of amides is 1. The summed E-state index contributed by atoms with van der Waals surface area (Å²) in [7, 11) is 0. The molecule has 2 N–H and O–H groups in total. The second kappa shape index (κ2) is 9.75. The van der Waals surface area contributed by atoms with Gasteiger partial charge in [-0.25, -0.2) is 5.43 Å². The lowest BCUT2D eigenvalue weighted by molar-refractivity contribution is -0.121. The van der Waals surface area contributed by atoms with Gasteiger partial charge in [0, 0.05) is 0 Å². The van der Waals surface area contributed by atoms with Crippen LogP contribution >= 0.6 is 11.6 Å². The smallest absolute Gasteiger partial charge is 0.252 e. The number of nitrogens with zero attached hydrogens (tertiary/aromatic N) is 1. The molecule has 148 valence electrons. The Morgan fingerprint density at radius 3 is 2.24 bits per heavy atom. The Hall–Kier alpha value is -3.31. The molecule has 0 bridgehead atoms. The fraction of sp³-hybridized carbons (Fsp3) is 0.130. The minimum Gasteiger partial charge on any atom is -0.503 e. The lowest BCUT2D eigenvalue weighted by Gasteiger charge is -2.16. The lowest BCUT2D eigenvalue weighted by atomic mass is 9.91. The van der Waals surface area contributed by atoms with Crippen LogP contribution in [0.1, 0.15) is 29.5 Å². The average Bonchev–Trinajstić information content (AvgIpc) is 2.73. The van der Waals surface area contributed by atoms with Crippen LogP contribution in [0.15, 0.2) is 77.9 Å². The van der Waals surface area contributed by atoms with Gasteiger partial charge in [0.05, 0.1) is 23.8 Å². The van der Waals surface area contributed by atoms with Crippen molar-refractivity contribution < 1.29 is 14.6 Å². The Balaban J connectivity index is 1.81. The van der Waals surface area contributed by atoms with E-state index in [1.165, 1.54) is 6.21 Å².